The zero-order chi connectivity index (χ0) is 14.1. The van der Waals surface area contributed by atoms with Crippen molar-refractivity contribution in [2.24, 2.45) is 5.73 Å². The minimum Gasteiger partial charge on any atom is -0.320 e. The van der Waals surface area contributed by atoms with Crippen LogP contribution in [0.25, 0.3) is 10.8 Å². The number of rotatable bonds is 2. The predicted octanol–water partition coefficient (Wildman–Crippen LogP) is 3.56. The van der Waals surface area contributed by atoms with Crippen molar-refractivity contribution in [1.82, 2.24) is 4.98 Å². The van der Waals surface area contributed by atoms with E-state index in [-0.39, 0.29) is 0 Å². The fourth-order valence-corrected chi connectivity index (χ4v) is 2.27. The molecule has 0 amide bonds. The van der Waals surface area contributed by atoms with Crippen molar-refractivity contribution >= 4 is 10.8 Å². The van der Waals surface area contributed by atoms with Gasteiger partial charge >= 0.3 is 0 Å². The molecule has 0 fully saturated rings. The molecule has 1 heterocycles. The summed E-state index contributed by atoms with van der Waals surface area (Å²) in [4.78, 5) is 4.15. The number of halogens is 2. The summed E-state index contributed by atoms with van der Waals surface area (Å²) in [7, 11) is 0. The molecular weight excluding hydrogens is 258 g/mol. The lowest BCUT2D eigenvalue weighted by atomic mass is 9.96. The molecule has 1 atom stereocenters. The summed E-state index contributed by atoms with van der Waals surface area (Å²) >= 11 is 0. The lowest BCUT2D eigenvalue weighted by molar-refractivity contribution is 0.506. The molecule has 100 valence electrons. The van der Waals surface area contributed by atoms with Crippen LogP contribution in [0.15, 0.2) is 54.9 Å². The molecule has 0 spiro atoms. The van der Waals surface area contributed by atoms with E-state index >= 15 is 0 Å². The fraction of sp³-hybridized carbons (Fsp3) is 0.0625. The lowest BCUT2D eigenvalue weighted by Gasteiger charge is -2.15. The van der Waals surface area contributed by atoms with Crippen LogP contribution in [-0.2, 0) is 0 Å². The van der Waals surface area contributed by atoms with Crippen molar-refractivity contribution in [2.75, 3.05) is 0 Å². The van der Waals surface area contributed by atoms with E-state index in [4.69, 9.17) is 5.73 Å². The predicted molar refractivity (Wildman–Crippen MR) is 74.1 cm³/mol. The molecule has 0 bridgehead atoms. The van der Waals surface area contributed by atoms with Gasteiger partial charge in [-0.05, 0) is 28.6 Å². The summed E-state index contributed by atoms with van der Waals surface area (Å²) < 4.78 is 26.3. The highest BCUT2D eigenvalue weighted by molar-refractivity contribution is 5.85. The van der Waals surface area contributed by atoms with E-state index in [9.17, 15) is 8.78 Å². The average molecular weight is 270 g/mol. The Morgan fingerprint density at radius 2 is 1.75 bits per heavy atom. The van der Waals surface area contributed by atoms with Crippen LogP contribution in [-0.4, -0.2) is 4.98 Å². The smallest absolute Gasteiger partial charge is 0.159 e. The summed E-state index contributed by atoms with van der Waals surface area (Å²) in [5.74, 6) is -1.77. The van der Waals surface area contributed by atoms with Crippen molar-refractivity contribution in [2.45, 2.75) is 6.04 Å². The maximum Gasteiger partial charge on any atom is 0.159 e. The molecule has 3 aromatic rings. The molecule has 4 heteroatoms. The number of pyridine rings is 1. The molecular formula is C16H12F2N2. The van der Waals surface area contributed by atoms with E-state index in [1.165, 1.54) is 6.07 Å². The molecule has 20 heavy (non-hydrogen) atoms. The minimum absolute atomic E-state index is 0.516. The van der Waals surface area contributed by atoms with E-state index in [0.717, 1.165) is 28.5 Å². The first-order valence-corrected chi connectivity index (χ1v) is 6.20. The molecule has 2 aromatic carbocycles. The van der Waals surface area contributed by atoms with Gasteiger partial charge in [0.1, 0.15) is 0 Å². The number of hydrogen-bond donors (Lipinski definition) is 1. The minimum atomic E-state index is -0.897. The second-order valence-corrected chi connectivity index (χ2v) is 4.60. The first-order valence-electron chi connectivity index (χ1n) is 6.20. The molecule has 0 saturated heterocycles. The van der Waals surface area contributed by atoms with E-state index in [1.807, 2.05) is 24.3 Å². The molecule has 0 aliphatic heterocycles. The third-order valence-electron chi connectivity index (χ3n) is 3.34. The Bertz CT molecular complexity index is 766. The highest BCUT2D eigenvalue weighted by Crippen LogP contribution is 2.27. The first-order chi connectivity index (χ1) is 9.66. The second-order valence-electron chi connectivity index (χ2n) is 4.60. The topological polar surface area (TPSA) is 38.9 Å². The molecule has 0 aliphatic rings. The Balaban J connectivity index is 2.12. The third kappa shape index (κ3) is 2.14. The fourth-order valence-electron chi connectivity index (χ4n) is 2.27. The standard InChI is InChI=1S/C16H12F2N2/c17-14-6-5-10(7-15(14)18)16(19)13-9-20-8-11-3-1-2-4-12(11)13/h1-9,16H,19H2. The van der Waals surface area contributed by atoms with Gasteiger partial charge < -0.3 is 5.73 Å². The molecule has 0 radical (unpaired) electrons. The number of aromatic nitrogens is 1. The molecule has 0 aliphatic carbocycles. The number of benzene rings is 2. The summed E-state index contributed by atoms with van der Waals surface area (Å²) in [6.45, 7) is 0. The van der Waals surface area contributed by atoms with Crippen molar-refractivity contribution in [1.29, 1.82) is 0 Å². The van der Waals surface area contributed by atoms with Gasteiger partial charge in [-0.2, -0.15) is 0 Å². The number of nitrogens with two attached hydrogens (primary N) is 1. The SMILES string of the molecule is NC(c1ccc(F)c(F)c1)c1cncc2ccccc12. The van der Waals surface area contributed by atoms with Crippen molar-refractivity contribution in [3.8, 4) is 0 Å². The number of nitrogens with zero attached hydrogens (tertiary/aromatic N) is 1. The van der Waals surface area contributed by atoms with Gasteiger partial charge in [-0.25, -0.2) is 8.78 Å². The monoisotopic (exact) mass is 270 g/mol. The van der Waals surface area contributed by atoms with E-state index < -0.39 is 17.7 Å². The van der Waals surface area contributed by atoms with Crippen LogP contribution in [0, 0.1) is 11.6 Å². The van der Waals surface area contributed by atoms with Gasteiger partial charge in [0, 0.05) is 17.8 Å². The third-order valence-corrected chi connectivity index (χ3v) is 3.34. The Labute approximate surface area is 114 Å². The number of fused-ring (bicyclic) bond motifs is 1. The van der Waals surface area contributed by atoms with E-state index in [2.05, 4.69) is 4.98 Å². The zero-order valence-corrected chi connectivity index (χ0v) is 10.6. The van der Waals surface area contributed by atoms with Gasteiger partial charge in [0.25, 0.3) is 0 Å². The van der Waals surface area contributed by atoms with Crippen LogP contribution >= 0.6 is 0 Å². The molecule has 0 saturated carbocycles. The highest BCUT2D eigenvalue weighted by atomic mass is 19.2. The van der Waals surface area contributed by atoms with Crippen LogP contribution in [0.3, 0.4) is 0 Å². The first kappa shape index (κ1) is 12.7. The molecule has 2 nitrogen and oxygen atoms in total. The van der Waals surface area contributed by atoms with Crippen LogP contribution in [0.4, 0.5) is 8.78 Å². The second kappa shape index (κ2) is 4.98. The number of hydrogen-bond acceptors (Lipinski definition) is 2. The van der Waals surface area contributed by atoms with Gasteiger partial charge in [0.15, 0.2) is 11.6 Å². The van der Waals surface area contributed by atoms with Gasteiger partial charge in [-0.3, -0.25) is 4.98 Å². The summed E-state index contributed by atoms with van der Waals surface area (Å²) in [5.41, 5.74) is 7.47. The Morgan fingerprint density at radius 3 is 2.55 bits per heavy atom. The molecule has 1 unspecified atom stereocenters. The van der Waals surface area contributed by atoms with Gasteiger partial charge in [0.2, 0.25) is 0 Å². The van der Waals surface area contributed by atoms with Crippen molar-refractivity contribution in [3.63, 3.8) is 0 Å². The summed E-state index contributed by atoms with van der Waals surface area (Å²) in [6, 6.07) is 10.8. The van der Waals surface area contributed by atoms with E-state index in [1.54, 1.807) is 12.4 Å². The van der Waals surface area contributed by atoms with Crippen LogP contribution in [0.1, 0.15) is 17.2 Å². The largest absolute Gasteiger partial charge is 0.320 e. The highest BCUT2D eigenvalue weighted by Gasteiger charge is 2.14. The Kier molecular flexibility index (Phi) is 3.16. The van der Waals surface area contributed by atoms with Gasteiger partial charge in [0.05, 0.1) is 6.04 Å². The van der Waals surface area contributed by atoms with Crippen LogP contribution in [0.2, 0.25) is 0 Å². The maximum atomic E-state index is 13.3. The van der Waals surface area contributed by atoms with Crippen LogP contribution in [0.5, 0.6) is 0 Å². The van der Waals surface area contributed by atoms with Crippen molar-refractivity contribution in [3.05, 3.63) is 77.6 Å². The molecule has 1 aromatic heterocycles. The van der Waals surface area contributed by atoms with Crippen LogP contribution < -0.4 is 5.73 Å². The Hall–Kier alpha value is -2.33. The Morgan fingerprint density at radius 1 is 0.950 bits per heavy atom. The average Bonchev–Trinajstić information content (AvgIpc) is 2.49. The normalized spacial score (nSPS) is 12.6. The zero-order valence-electron chi connectivity index (χ0n) is 10.6. The van der Waals surface area contributed by atoms with Gasteiger partial charge in [-0.1, -0.05) is 30.3 Å². The molecule has 3 rings (SSSR count). The van der Waals surface area contributed by atoms with E-state index in [0.29, 0.717) is 5.56 Å². The van der Waals surface area contributed by atoms with Crippen molar-refractivity contribution < 1.29 is 8.78 Å². The summed E-state index contributed by atoms with van der Waals surface area (Å²) in [6.07, 6.45) is 3.41. The molecule has 2 N–H and O–H groups in total. The summed E-state index contributed by atoms with van der Waals surface area (Å²) in [5, 5.41) is 1.92. The van der Waals surface area contributed by atoms with Gasteiger partial charge in [-0.15, -0.1) is 0 Å². The lowest BCUT2D eigenvalue weighted by Crippen LogP contribution is -2.13. The maximum absolute atomic E-state index is 13.3. The quantitative estimate of drug-likeness (QED) is 0.773.